The van der Waals surface area contributed by atoms with Crippen LogP contribution in [-0.4, -0.2) is 34.0 Å². The predicted octanol–water partition coefficient (Wildman–Crippen LogP) is 1.60. The average Bonchev–Trinajstić information content (AvgIpc) is 2.94. The Hall–Kier alpha value is -2.34. The van der Waals surface area contributed by atoms with E-state index >= 15 is 0 Å². The zero-order chi connectivity index (χ0) is 19.1. The third-order valence-electron chi connectivity index (χ3n) is 3.44. The minimum absolute atomic E-state index is 0.000480. The fraction of sp³-hybridized carbons (Fsp3) is 0.0667. The van der Waals surface area contributed by atoms with Gasteiger partial charge in [-0.05, 0) is 30.3 Å². The van der Waals surface area contributed by atoms with Gasteiger partial charge in [0.2, 0.25) is 10.0 Å². The van der Waals surface area contributed by atoms with E-state index in [2.05, 4.69) is 10.3 Å². The van der Waals surface area contributed by atoms with Crippen molar-refractivity contribution in [1.82, 2.24) is 4.98 Å². The van der Waals surface area contributed by atoms with Crippen molar-refractivity contribution in [2.45, 2.75) is 9.79 Å². The third kappa shape index (κ3) is 3.75. The van der Waals surface area contributed by atoms with E-state index in [0.717, 1.165) is 17.6 Å². The van der Waals surface area contributed by atoms with Crippen LogP contribution in [0.2, 0.25) is 0 Å². The van der Waals surface area contributed by atoms with Gasteiger partial charge < -0.3 is 0 Å². The first-order valence-electron chi connectivity index (χ1n) is 7.09. The van der Waals surface area contributed by atoms with E-state index in [1.165, 1.54) is 36.4 Å². The number of primary sulfonamides is 1. The van der Waals surface area contributed by atoms with Crippen molar-refractivity contribution in [3.8, 4) is 0 Å². The summed E-state index contributed by atoms with van der Waals surface area (Å²) in [7, 11) is -7.42. The summed E-state index contributed by atoms with van der Waals surface area (Å²) >= 11 is 1.05. The maximum absolute atomic E-state index is 12.5. The van der Waals surface area contributed by atoms with Crippen LogP contribution in [0, 0.1) is 0 Å². The lowest BCUT2D eigenvalue weighted by molar-refractivity contribution is 0.102. The summed E-state index contributed by atoms with van der Waals surface area (Å²) in [6, 6.07) is 10.00. The first-order chi connectivity index (χ1) is 12.1. The molecule has 3 N–H and O–H groups in total. The molecule has 11 heteroatoms. The molecular weight excluding hydrogens is 398 g/mol. The van der Waals surface area contributed by atoms with E-state index < -0.39 is 25.8 Å². The van der Waals surface area contributed by atoms with Crippen LogP contribution in [0.25, 0.3) is 10.2 Å². The van der Waals surface area contributed by atoms with E-state index in [1.807, 2.05) is 0 Å². The zero-order valence-electron chi connectivity index (χ0n) is 13.3. The maximum Gasteiger partial charge on any atom is 0.258 e. The molecule has 0 bridgehead atoms. The van der Waals surface area contributed by atoms with Gasteiger partial charge in [-0.2, -0.15) is 0 Å². The van der Waals surface area contributed by atoms with Gasteiger partial charge in [0.05, 0.1) is 25.6 Å². The zero-order valence-corrected chi connectivity index (χ0v) is 15.8. The van der Waals surface area contributed by atoms with Gasteiger partial charge in [0.1, 0.15) is 0 Å². The monoisotopic (exact) mass is 411 g/mol. The van der Waals surface area contributed by atoms with Crippen molar-refractivity contribution in [1.29, 1.82) is 0 Å². The third-order valence-corrected chi connectivity index (χ3v) is 6.44. The molecule has 1 heterocycles. The van der Waals surface area contributed by atoms with Crippen LogP contribution in [-0.2, 0) is 19.9 Å². The van der Waals surface area contributed by atoms with Crippen molar-refractivity contribution in [3.05, 3.63) is 48.0 Å². The molecule has 8 nitrogen and oxygen atoms in total. The number of sulfone groups is 1. The standard InChI is InChI=1S/C15H13N3O5S3/c1-25(20,21)13-5-3-2-4-10(13)14(19)18-15-17-11-7-6-9(26(16,22)23)8-12(11)24-15/h2-8H,1H3,(H2,16,22,23)(H,17,18,19). The minimum atomic E-state index is -3.85. The van der Waals surface area contributed by atoms with Crippen LogP contribution in [0.5, 0.6) is 0 Å². The molecule has 26 heavy (non-hydrogen) atoms. The Morgan fingerprint density at radius 3 is 2.46 bits per heavy atom. The molecule has 0 atom stereocenters. The van der Waals surface area contributed by atoms with E-state index in [9.17, 15) is 21.6 Å². The first-order valence-corrected chi connectivity index (χ1v) is 11.3. The number of nitrogens with two attached hydrogens (primary N) is 1. The van der Waals surface area contributed by atoms with Crippen LogP contribution in [0.1, 0.15) is 10.4 Å². The Morgan fingerprint density at radius 2 is 1.81 bits per heavy atom. The predicted molar refractivity (Wildman–Crippen MR) is 98.5 cm³/mol. The fourth-order valence-electron chi connectivity index (χ4n) is 2.28. The smallest absolute Gasteiger partial charge is 0.258 e. The molecule has 0 fully saturated rings. The average molecular weight is 411 g/mol. The summed E-state index contributed by atoms with van der Waals surface area (Å²) in [4.78, 5) is 16.5. The Kier molecular flexibility index (Phi) is 4.56. The van der Waals surface area contributed by atoms with Crippen molar-refractivity contribution in [3.63, 3.8) is 0 Å². The normalized spacial score (nSPS) is 12.2. The molecule has 0 spiro atoms. The van der Waals surface area contributed by atoms with Crippen LogP contribution < -0.4 is 10.5 Å². The van der Waals surface area contributed by atoms with Crippen molar-refractivity contribution in [2.75, 3.05) is 11.6 Å². The summed E-state index contributed by atoms with van der Waals surface area (Å²) in [5.41, 5.74) is 0.480. The lowest BCUT2D eigenvalue weighted by Gasteiger charge is -2.06. The molecule has 1 aromatic heterocycles. The number of sulfonamides is 1. The van der Waals surface area contributed by atoms with Gasteiger partial charge in [0.25, 0.3) is 5.91 Å². The van der Waals surface area contributed by atoms with Crippen LogP contribution in [0.15, 0.2) is 52.3 Å². The van der Waals surface area contributed by atoms with Crippen LogP contribution in [0.3, 0.4) is 0 Å². The molecule has 2 aromatic carbocycles. The SMILES string of the molecule is CS(=O)(=O)c1ccccc1C(=O)Nc1nc2ccc(S(N)(=O)=O)cc2s1. The second-order valence-corrected chi connectivity index (χ2v) is 9.99. The quantitative estimate of drug-likeness (QED) is 0.669. The fourth-order valence-corrected chi connectivity index (χ4v) is 4.68. The number of nitrogens with zero attached hydrogens (tertiary/aromatic N) is 1. The number of fused-ring (bicyclic) bond motifs is 1. The number of carbonyl (C=O) groups is 1. The Bertz CT molecular complexity index is 1230. The lowest BCUT2D eigenvalue weighted by Crippen LogP contribution is -2.15. The topological polar surface area (TPSA) is 136 Å². The number of hydrogen-bond donors (Lipinski definition) is 2. The number of amides is 1. The van der Waals surface area contributed by atoms with Crippen LogP contribution >= 0.6 is 11.3 Å². The minimum Gasteiger partial charge on any atom is -0.298 e. The van der Waals surface area contributed by atoms with Gasteiger partial charge in [0, 0.05) is 6.26 Å². The number of carbonyl (C=O) groups excluding carboxylic acids is 1. The molecular formula is C15H13N3O5S3. The molecule has 3 rings (SSSR count). The summed E-state index contributed by atoms with van der Waals surface area (Å²) in [5.74, 6) is -0.628. The molecule has 3 aromatic rings. The van der Waals surface area contributed by atoms with Gasteiger partial charge in [-0.25, -0.2) is 27.0 Å². The van der Waals surface area contributed by atoms with Gasteiger partial charge in [0.15, 0.2) is 15.0 Å². The summed E-state index contributed by atoms with van der Waals surface area (Å²) in [5, 5.41) is 7.85. The highest BCUT2D eigenvalue weighted by atomic mass is 32.2. The largest absolute Gasteiger partial charge is 0.298 e. The number of rotatable bonds is 4. The molecule has 1 amide bonds. The number of benzene rings is 2. The number of aromatic nitrogens is 1. The molecule has 0 radical (unpaired) electrons. The van der Waals surface area contributed by atoms with Crippen molar-refractivity contribution >= 4 is 52.5 Å². The molecule has 0 aliphatic rings. The Morgan fingerprint density at radius 1 is 1.12 bits per heavy atom. The van der Waals surface area contributed by atoms with E-state index in [-0.39, 0.29) is 20.5 Å². The lowest BCUT2D eigenvalue weighted by atomic mass is 10.2. The second kappa shape index (κ2) is 6.43. The number of anilines is 1. The molecule has 0 saturated heterocycles. The molecule has 0 aliphatic carbocycles. The number of hydrogen-bond acceptors (Lipinski definition) is 7. The van der Waals surface area contributed by atoms with Gasteiger partial charge in [-0.15, -0.1) is 0 Å². The summed E-state index contributed by atoms with van der Waals surface area (Å²) in [6.45, 7) is 0. The Labute approximate surface area is 153 Å². The first kappa shape index (κ1) is 18.5. The highest BCUT2D eigenvalue weighted by Crippen LogP contribution is 2.28. The van der Waals surface area contributed by atoms with E-state index in [0.29, 0.717) is 10.2 Å². The molecule has 0 unspecified atom stereocenters. The molecule has 136 valence electrons. The Balaban J connectivity index is 1.96. The van der Waals surface area contributed by atoms with Crippen molar-refractivity contribution < 1.29 is 21.6 Å². The van der Waals surface area contributed by atoms with Crippen molar-refractivity contribution in [2.24, 2.45) is 5.14 Å². The van der Waals surface area contributed by atoms with E-state index in [4.69, 9.17) is 5.14 Å². The maximum atomic E-state index is 12.5. The van der Waals surface area contributed by atoms with E-state index in [1.54, 1.807) is 6.07 Å². The second-order valence-electron chi connectivity index (χ2n) is 5.42. The summed E-state index contributed by atoms with van der Waals surface area (Å²) < 4.78 is 47.0. The summed E-state index contributed by atoms with van der Waals surface area (Å²) in [6.07, 6.45) is 1.02. The molecule has 0 aliphatic heterocycles. The highest BCUT2D eigenvalue weighted by molar-refractivity contribution is 7.90. The van der Waals surface area contributed by atoms with Crippen LogP contribution in [0.4, 0.5) is 5.13 Å². The molecule has 0 saturated carbocycles. The van der Waals surface area contributed by atoms with Gasteiger partial charge >= 0.3 is 0 Å². The van der Waals surface area contributed by atoms with Gasteiger partial charge in [-0.3, -0.25) is 10.1 Å². The van der Waals surface area contributed by atoms with Gasteiger partial charge in [-0.1, -0.05) is 23.5 Å². The number of thiazole rings is 1. The highest BCUT2D eigenvalue weighted by Gasteiger charge is 2.19. The number of nitrogens with one attached hydrogen (secondary N) is 1.